The number of hydrogen-bond donors (Lipinski definition) is 1. The molecule has 2 aromatic carbocycles. The Balaban J connectivity index is 1.91. The first-order valence-corrected chi connectivity index (χ1v) is 7.92. The van der Waals surface area contributed by atoms with Gasteiger partial charge in [-0.15, -0.1) is 0 Å². The van der Waals surface area contributed by atoms with Gasteiger partial charge in [-0.3, -0.25) is 4.79 Å². The monoisotopic (exact) mass is 331 g/mol. The topological polar surface area (TPSA) is 38.3 Å². The van der Waals surface area contributed by atoms with Crippen LogP contribution in [-0.2, 0) is 0 Å². The van der Waals surface area contributed by atoms with E-state index in [1.807, 2.05) is 25.1 Å². The van der Waals surface area contributed by atoms with E-state index in [9.17, 15) is 4.79 Å². The summed E-state index contributed by atoms with van der Waals surface area (Å²) in [5.41, 5.74) is 2.45. The number of Topliss-reactive ketones (excluding diaryl/α,β-unsaturated/α-hetero) is 1. The van der Waals surface area contributed by atoms with Crippen LogP contribution in [0.5, 0.6) is 5.75 Å². The van der Waals surface area contributed by atoms with Crippen LogP contribution in [0.3, 0.4) is 0 Å². The predicted molar refractivity (Wildman–Crippen MR) is 91.0 cm³/mol. The van der Waals surface area contributed by atoms with E-state index in [4.69, 9.17) is 16.3 Å². The van der Waals surface area contributed by atoms with Gasteiger partial charge in [-0.25, -0.2) is 0 Å². The number of ketones is 1. The van der Waals surface area contributed by atoms with Crippen molar-refractivity contribution < 1.29 is 9.53 Å². The van der Waals surface area contributed by atoms with E-state index < -0.39 is 0 Å². The molecule has 0 amide bonds. The molecule has 1 aliphatic heterocycles. The molecule has 0 aromatic heterocycles. The van der Waals surface area contributed by atoms with Crippen LogP contribution in [0.25, 0.3) is 0 Å². The van der Waals surface area contributed by atoms with Crippen molar-refractivity contribution in [3.63, 3.8) is 0 Å². The van der Waals surface area contributed by atoms with Gasteiger partial charge in [0.25, 0.3) is 0 Å². The fourth-order valence-electron chi connectivity index (χ4n) is 2.22. The molecule has 0 fully saturated rings. The van der Waals surface area contributed by atoms with Crippen LogP contribution in [0.1, 0.15) is 17.3 Å². The molecule has 1 N–H and O–H groups in total. The van der Waals surface area contributed by atoms with Crippen molar-refractivity contribution in [3.05, 3.63) is 63.7 Å². The molecule has 0 aliphatic carbocycles. The zero-order chi connectivity index (χ0) is 15.7. The third-order valence-electron chi connectivity index (χ3n) is 3.38. The summed E-state index contributed by atoms with van der Waals surface area (Å²) in [6.45, 7) is 1.90. The summed E-state index contributed by atoms with van der Waals surface area (Å²) >= 11 is 7.48. The number of methoxy groups -OCH3 is 1. The molecule has 1 aliphatic rings. The number of anilines is 1. The molecule has 0 bridgehead atoms. The summed E-state index contributed by atoms with van der Waals surface area (Å²) in [6.07, 6.45) is 0. The molecule has 0 radical (unpaired) electrons. The van der Waals surface area contributed by atoms with Gasteiger partial charge in [0.2, 0.25) is 5.78 Å². The number of fused-ring (bicyclic) bond motifs is 1. The Morgan fingerprint density at radius 2 is 1.91 bits per heavy atom. The van der Waals surface area contributed by atoms with Crippen molar-refractivity contribution >= 4 is 34.8 Å². The second-order valence-electron chi connectivity index (χ2n) is 4.88. The number of ether oxygens (including phenoxy) is 1. The molecule has 22 heavy (non-hydrogen) atoms. The molecule has 0 unspecified atom stereocenters. The highest BCUT2D eigenvalue weighted by atomic mass is 35.5. The molecule has 2 aromatic rings. The molecule has 5 heteroatoms. The number of allylic oxidation sites excluding steroid dienone is 2. The molecular weight excluding hydrogens is 318 g/mol. The van der Waals surface area contributed by atoms with E-state index >= 15 is 0 Å². The van der Waals surface area contributed by atoms with Crippen LogP contribution in [0.2, 0.25) is 5.02 Å². The molecule has 0 spiro atoms. The molecular formula is C17H14ClNO2S. The van der Waals surface area contributed by atoms with E-state index in [0.29, 0.717) is 15.5 Å². The second kappa shape index (κ2) is 6.07. The summed E-state index contributed by atoms with van der Waals surface area (Å²) in [5.74, 6) is 0.720. The first-order chi connectivity index (χ1) is 10.6. The maximum absolute atomic E-state index is 12.7. The Bertz CT molecular complexity index is 769. The van der Waals surface area contributed by atoms with Crippen molar-refractivity contribution in [1.82, 2.24) is 0 Å². The van der Waals surface area contributed by atoms with Gasteiger partial charge in [0.1, 0.15) is 5.75 Å². The molecule has 1 heterocycles. The Kier molecular flexibility index (Phi) is 4.14. The maximum atomic E-state index is 12.7. The minimum Gasteiger partial charge on any atom is -0.497 e. The molecule has 0 atom stereocenters. The number of carbonyl (C=O) groups is 1. The summed E-state index contributed by atoms with van der Waals surface area (Å²) in [7, 11) is 1.60. The van der Waals surface area contributed by atoms with Gasteiger partial charge in [0, 0.05) is 21.2 Å². The highest BCUT2D eigenvalue weighted by Gasteiger charge is 2.22. The lowest BCUT2D eigenvalue weighted by atomic mass is 10.1. The standard InChI is InChI=1S/C17H14ClNO2S/c1-10-17(16(20)11-3-6-13(21-2)7-4-11)22-15-9-12(18)5-8-14(15)19-10/h3-9,19H,1-2H3. The van der Waals surface area contributed by atoms with E-state index in [1.54, 1.807) is 31.4 Å². The normalized spacial score (nSPS) is 13.4. The minimum absolute atomic E-state index is 0.0109. The van der Waals surface area contributed by atoms with Crippen LogP contribution in [0.4, 0.5) is 5.69 Å². The summed E-state index contributed by atoms with van der Waals surface area (Å²) in [5, 5.41) is 3.92. The number of carbonyl (C=O) groups excluding carboxylic acids is 1. The van der Waals surface area contributed by atoms with Crippen molar-refractivity contribution in [2.24, 2.45) is 0 Å². The fraction of sp³-hybridized carbons (Fsp3) is 0.118. The lowest BCUT2D eigenvalue weighted by molar-refractivity contribution is 0.104. The van der Waals surface area contributed by atoms with Crippen molar-refractivity contribution in [2.45, 2.75) is 11.8 Å². The molecule has 0 saturated heterocycles. The van der Waals surface area contributed by atoms with Gasteiger partial charge < -0.3 is 10.1 Å². The van der Waals surface area contributed by atoms with Gasteiger partial charge in [0.15, 0.2) is 0 Å². The first kappa shape index (κ1) is 15.0. The SMILES string of the molecule is COc1ccc(C(=O)C2=C(C)Nc3ccc(Cl)cc3S2)cc1. The predicted octanol–water partition coefficient (Wildman–Crippen LogP) is 4.98. The van der Waals surface area contributed by atoms with Crippen LogP contribution >= 0.6 is 23.4 Å². The Morgan fingerprint density at radius 3 is 2.59 bits per heavy atom. The third kappa shape index (κ3) is 2.85. The van der Waals surface area contributed by atoms with Gasteiger partial charge in [-0.05, 0) is 49.4 Å². The smallest absolute Gasteiger partial charge is 0.201 e. The Morgan fingerprint density at radius 1 is 1.18 bits per heavy atom. The number of nitrogens with one attached hydrogen (secondary N) is 1. The molecule has 0 saturated carbocycles. The third-order valence-corrected chi connectivity index (χ3v) is 4.87. The zero-order valence-electron chi connectivity index (χ0n) is 12.1. The average molecular weight is 332 g/mol. The van der Waals surface area contributed by atoms with E-state index in [0.717, 1.165) is 22.0 Å². The number of hydrogen-bond acceptors (Lipinski definition) is 4. The van der Waals surface area contributed by atoms with Gasteiger partial charge in [0.05, 0.1) is 17.7 Å². The number of halogens is 1. The summed E-state index contributed by atoms with van der Waals surface area (Å²) < 4.78 is 5.12. The average Bonchev–Trinajstić information content (AvgIpc) is 2.54. The maximum Gasteiger partial charge on any atom is 0.201 e. The molecule has 3 nitrogen and oxygen atoms in total. The van der Waals surface area contributed by atoms with Gasteiger partial charge in [-0.2, -0.15) is 0 Å². The van der Waals surface area contributed by atoms with E-state index in [2.05, 4.69) is 5.32 Å². The van der Waals surface area contributed by atoms with Crippen LogP contribution in [0, 0.1) is 0 Å². The van der Waals surface area contributed by atoms with Crippen molar-refractivity contribution in [3.8, 4) is 5.75 Å². The lowest BCUT2D eigenvalue weighted by Crippen LogP contribution is -2.12. The van der Waals surface area contributed by atoms with Gasteiger partial charge in [-0.1, -0.05) is 23.4 Å². The van der Waals surface area contributed by atoms with Crippen LogP contribution in [-0.4, -0.2) is 12.9 Å². The summed E-state index contributed by atoms with van der Waals surface area (Å²) in [6, 6.07) is 12.7. The highest BCUT2D eigenvalue weighted by molar-refractivity contribution is 8.04. The second-order valence-corrected chi connectivity index (χ2v) is 6.37. The zero-order valence-corrected chi connectivity index (χ0v) is 13.7. The number of benzene rings is 2. The van der Waals surface area contributed by atoms with Crippen molar-refractivity contribution in [2.75, 3.05) is 12.4 Å². The Labute approximate surface area is 138 Å². The Hall–Kier alpha value is -1.91. The van der Waals surface area contributed by atoms with Crippen molar-refractivity contribution in [1.29, 1.82) is 0 Å². The van der Waals surface area contributed by atoms with Crippen LogP contribution < -0.4 is 10.1 Å². The van der Waals surface area contributed by atoms with Crippen LogP contribution in [0.15, 0.2) is 58.0 Å². The fourth-order valence-corrected chi connectivity index (χ4v) is 3.51. The van der Waals surface area contributed by atoms with Gasteiger partial charge >= 0.3 is 0 Å². The quantitative estimate of drug-likeness (QED) is 0.805. The molecule has 112 valence electrons. The summed E-state index contributed by atoms with van der Waals surface area (Å²) in [4.78, 5) is 14.3. The number of thioether (sulfide) groups is 1. The minimum atomic E-state index is -0.0109. The van der Waals surface area contributed by atoms with E-state index in [-0.39, 0.29) is 5.78 Å². The number of rotatable bonds is 3. The largest absolute Gasteiger partial charge is 0.497 e. The highest BCUT2D eigenvalue weighted by Crippen LogP contribution is 2.42. The first-order valence-electron chi connectivity index (χ1n) is 6.72. The molecule has 3 rings (SSSR count). The van der Waals surface area contributed by atoms with E-state index in [1.165, 1.54) is 11.8 Å². The lowest BCUT2D eigenvalue weighted by Gasteiger charge is -2.21.